The number of hydrogen-bond acceptors (Lipinski definition) is 5. The van der Waals surface area contributed by atoms with Crippen LogP contribution in [0.5, 0.6) is 0 Å². The average Bonchev–Trinajstić information content (AvgIpc) is 2.24. The van der Waals surface area contributed by atoms with Gasteiger partial charge in [0.15, 0.2) is 0 Å². The van der Waals surface area contributed by atoms with Crippen molar-refractivity contribution in [3.63, 3.8) is 0 Å². The predicted molar refractivity (Wildman–Crippen MR) is 62.0 cm³/mol. The summed E-state index contributed by atoms with van der Waals surface area (Å²) in [7, 11) is 3.37. The molecule has 0 saturated heterocycles. The molecule has 0 aliphatic rings. The van der Waals surface area contributed by atoms with Crippen LogP contribution in [0.1, 0.15) is 0 Å². The van der Waals surface area contributed by atoms with E-state index < -0.39 is 0 Å². The van der Waals surface area contributed by atoms with Crippen LogP contribution in [0.3, 0.4) is 0 Å². The summed E-state index contributed by atoms with van der Waals surface area (Å²) < 4.78 is 0. The van der Waals surface area contributed by atoms with Crippen LogP contribution in [-0.4, -0.2) is 48.1 Å². The van der Waals surface area contributed by atoms with Gasteiger partial charge in [0.2, 0.25) is 0 Å². The van der Waals surface area contributed by atoms with Crippen LogP contribution in [0.4, 0.5) is 16.4 Å². The molecule has 0 bridgehead atoms. The highest BCUT2D eigenvalue weighted by atomic mass is 16.2. The summed E-state index contributed by atoms with van der Waals surface area (Å²) in [6, 6.07) is -0.125. The van der Waals surface area contributed by atoms with Crippen molar-refractivity contribution < 1.29 is 4.79 Å². The van der Waals surface area contributed by atoms with Crippen molar-refractivity contribution in [1.29, 1.82) is 0 Å². The lowest BCUT2D eigenvalue weighted by atomic mass is 10.5. The van der Waals surface area contributed by atoms with Crippen molar-refractivity contribution in [1.82, 2.24) is 20.2 Å². The lowest BCUT2D eigenvalue weighted by molar-refractivity contribution is 0.218. The van der Waals surface area contributed by atoms with Crippen molar-refractivity contribution in [3.8, 4) is 0 Å². The largest absolute Gasteiger partial charge is 0.382 e. The van der Waals surface area contributed by atoms with Gasteiger partial charge in [-0.3, -0.25) is 4.98 Å². The quantitative estimate of drug-likeness (QED) is 0.612. The Bertz CT molecular complexity index is 354. The van der Waals surface area contributed by atoms with Crippen LogP contribution in [0, 0.1) is 0 Å². The van der Waals surface area contributed by atoms with E-state index in [9.17, 15) is 4.79 Å². The third kappa shape index (κ3) is 3.99. The first kappa shape index (κ1) is 12.0. The second-order valence-corrected chi connectivity index (χ2v) is 3.38. The molecule has 0 unspecified atom stereocenters. The number of urea groups is 1. The molecule has 7 heteroatoms. The van der Waals surface area contributed by atoms with Crippen molar-refractivity contribution >= 4 is 17.7 Å². The maximum Gasteiger partial charge on any atom is 0.316 e. The van der Waals surface area contributed by atoms with Gasteiger partial charge < -0.3 is 21.3 Å². The van der Waals surface area contributed by atoms with E-state index in [1.165, 1.54) is 11.1 Å². The number of hydrogen-bond donors (Lipinski definition) is 3. The van der Waals surface area contributed by atoms with E-state index in [0.717, 1.165) is 0 Å². The number of carbonyl (C=O) groups excluding carboxylic acids is 1. The van der Waals surface area contributed by atoms with Gasteiger partial charge in [-0.25, -0.2) is 9.78 Å². The van der Waals surface area contributed by atoms with Crippen molar-refractivity contribution in [2.75, 3.05) is 38.2 Å². The van der Waals surface area contributed by atoms with Gasteiger partial charge in [0.05, 0.1) is 12.4 Å². The maximum absolute atomic E-state index is 11.1. The number of nitrogens with two attached hydrogens (primary N) is 1. The van der Waals surface area contributed by atoms with Gasteiger partial charge in [-0.2, -0.15) is 0 Å². The summed E-state index contributed by atoms with van der Waals surface area (Å²) >= 11 is 0. The van der Waals surface area contributed by atoms with Crippen molar-refractivity contribution in [2.45, 2.75) is 0 Å². The fourth-order valence-electron chi connectivity index (χ4n) is 0.984. The molecule has 0 aliphatic heterocycles. The molecule has 0 aliphatic carbocycles. The molecule has 0 spiro atoms. The predicted octanol–water partition coefficient (Wildman–Crippen LogP) is -0.258. The third-order valence-corrected chi connectivity index (χ3v) is 1.77. The summed E-state index contributed by atoms with van der Waals surface area (Å²) in [5.74, 6) is 0.960. The van der Waals surface area contributed by atoms with Crippen molar-refractivity contribution in [2.24, 2.45) is 0 Å². The highest BCUT2D eigenvalue weighted by Gasteiger charge is 2.00. The molecule has 16 heavy (non-hydrogen) atoms. The van der Waals surface area contributed by atoms with Crippen LogP contribution in [0.25, 0.3) is 0 Å². The number of carbonyl (C=O) groups is 1. The number of nitrogen functional groups attached to an aromatic ring is 1. The summed E-state index contributed by atoms with van der Waals surface area (Å²) in [5, 5.41) is 5.70. The van der Waals surface area contributed by atoms with E-state index >= 15 is 0 Å². The zero-order valence-corrected chi connectivity index (χ0v) is 9.40. The van der Waals surface area contributed by atoms with Gasteiger partial charge in [-0.05, 0) is 0 Å². The summed E-state index contributed by atoms with van der Waals surface area (Å²) in [4.78, 5) is 20.5. The molecule has 0 saturated carbocycles. The van der Waals surface area contributed by atoms with Crippen LogP contribution in [0.2, 0.25) is 0 Å². The molecule has 1 heterocycles. The first-order valence-corrected chi connectivity index (χ1v) is 4.86. The Balaban J connectivity index is 2.23. The Kier molecular flexibility index (Phi) is 4.31. The van der Waals surface area contributed by atoms with Gasteiger partial charge >= 0.3 is 6.03 Å². The third-order valence-electron chi connectivity index (χ3n) is 1.77. The van der Waals surface area contributed by atoms with Gasteiger partial charge in [0.1, 0.15) is 11.6 Å². The number of nitrogens with zero attached hydrogens (tertiary/aromatic N) is 3. The van der Waals surface area contributed by atoms with E-state index in [1.54, 1.807) is 20.3 Å². The van der Waals surface area contributed by atoms with Crippen LogP contribution in [0.15, 0.2) is 12.4 Å². The minimum Gasteiger partial charge on any atom is -0.382 e. The summed E-state index contributed by atoms with van der Waals surface area (Å²) in [6.45, 7) is 1.07. The minimum absolute atomic E-state index is 0.125. The van der Waals surface area contributed by atoms with E-state index in [-0.39, 0.29) is 6.03 Å². The lowest BCUT2D eigenvalue weighted by Crippen LogP contribution is -2.37. The number of amides is 2. The molecule has 2 amide bonds. The van der Waals surface area contributed by atoms with Gasteiger partial charge in [0, 0.05) is 27.2 Å². The number of rotatable bonds is 4. The Hall–Kier alpha value is -2.05. The molecular formula is C9H16N6O. The van der Waals surface area contributed by atoms with E-state index in [4.69, 9.17) is 5.73 Å². The normalized spacial score (nSPS) is 9.62. The Labute approximate surface area is 94.1 Å². The first-order valence-electron chi connectivity index (χ1n) is 4.86. The van der Waals surface area contributed by atoms with Crippen molar-refractivity contribution in [3.05, 3.63) is 12.4 Å². The zero-order chi connectivity index (χ0) is 12.0. The molecular weight excluding hydrogens is 208 g/mol. The minimum atomic E-state index is -0.125. The molecule has 0 radical (unpaired) electrons. The SMILES string of the molecule is CN(C)C(=O)NCCNc1cncc(N)n1. The number of nitrogens with one attached hydrogen (secondary N) is 2. The van der Waals surface area contributed by atoms with Crippen LogP contribution < -0.4 is 16.4 Å². The monoisotopic (exact) mass is 224 g/mol. The molecule has 7 nitrogen and oxygen atoms in total. The first-order chi connectivity index (χ1) is 7.59. The van der Waals surface area contributed by atoms with Crippen LogP contribution in [-0.2, 0) is 0 Å². The number of anilines is 2. The fraction of sp³-hybridized carbons (Fsp3) is 0.444. The van der Waals surface area contributed by atoms with E-state index in [2.05, 4.69) is 20.6 Å². The van der Waals surface area contributed by atoms with E-state index in [0.29, 0.717) is 24.7 Å². The highest BCUT2D eigenvalue weighted by molar-refractivity contribution is 5.73. The Morgan fingerprint density at radius 2 is 2.19 bits per heavy atom. The second-order valence-electron chi connectivity index (χ2n) is 3.38. The summed E-state index contributed by atoms with van der Waals surface area (Å²) in [6.07, 6.45) is 3.04. The highest BCUT2D eigenvalue weighted by Crippen LogP contribution is 2.01. The van der Waals surface area contributed by atoms with Gasteiger partial charge in [0.25, 0.3) is 0 Å². The summed E-state index contributed by atoms with van der Waals surface area (Å²) in [5.41, 5.74) is 5.46. The average molecular weight is 224 g/mol. The molecule has 0 aromatic carbocycles. The second kappa shape index (κ2) is 5.74. The molecule has 88 valence electrons. The molecule has 1 aromatic heterocycles. The molecule has 1 rings (SSSR count). The Morgan fingerprint density at radius 3 is 2.81 bits per heavy atom. The standard InChI is InChI=1S/C9H16N6O/c1-15(2)9(16)13-4-3-12-8-6-11-5-7(10)14-8/h5-6H,3-4H2,1-2H3,(H,13,16)(H3,10,12,14). The lowest BCUT2D eigenvalue weighted by Gasteiger charge is -2.12. The van der Waals surface area contributed by atoms with E-state index in [1.807, 2.05) is 0 Å². The topological polar surface area (TPSA) is 96.2 Å². The number of aromatic nitrogens is 2. The molecule has 4 N–H and O–H groups in total. The Morgan fingerprint density at radius 1 is 1.44 bits per heavy atom. The molecule has 0 atom stereocenters. The molecule has 1 aromatic rings. The maximum atomic E-state index is 11.1. The smallest absolute Gasteiger partial charge is 0.316 e. The fourth-order valence-corrected chi connectivity index (χ4v) is 0.984. The molecule has 0 fully saturated rings. The van der Waals surface area contributed by atoms with Gasteiger partial charge in [-0.1, -0.05) is 0 Å². The van der Waals surface area contributed by atoms with Gasteiger partial charge in [-0.15, -0.1) is 0 Å². The zero-order valence-electron chi connectivity index (χ0n) is 9.40. The van der Waals surface area contributed by atoms with Crippen LogP contribution >= 0.6 is 0 Å².